The van der Waals surface area contributed by atoms with E-state index in [1.165, 1.54) is 0 Å². The standard InChI is InChI=1S/C47H36O3/c1-50-43-33-32-41(46(37-24-12-4-13-25-37,38-26-14-5-15-27-38)44(48)35-20-8-2-9-21-35)34-42(43)47(39-28-16-6-17-29-39,40-30-18-7-19-31-40)45(49)36-22-10-3-11-23-36/h2-34H,1H3. The van der Waals surface area contributed by atoms with Crippen LogP contribution in [0.1, 0.15) is 54.1 Å². The number of carbonyl (C=O) groups is 2. The molecule has 0 spiro atoms. The Morgan fingerprint density at radius 3 is 1.06 bits per heavy atom. The molecule has 0 bridgehead atoms. The van der Waals surface area contributed by atoms with Gasteiger partial charge in [0.05, 0.1) is 7.11 Å². The summed E-state index contributed by atoms with van der Waals surface area (Å²) in [6.45, 7) is 0. The van der Waals surface area contributed by atoms with Gasteiger partial charge in [0.15, 0.2) is 11.6 Å². The smallest absolute Gasteiger partial charge is 0.182 e. The van der Waals surface area contributed by atoms with Crippen molar-refractivity contribution in [3.63, 3.8) is 0 Å². The number of hydrogen-bond donors (Lipinski definition) is 0. The minimum Gasteiger partial charge on any atom is -0.496 e. The van der Waals surface area contributed by atoms with Gasteiger partial charge in [0.25, 0.3) is 0 Å². The van der Waals surface area contributed by atoms with Crippen LogP contribution in [0.3, 0.4) is 0 Å². The second-order valence-corrected chi connectivity index (χ2v) is 12.3. The molecule has 0 saturated carbocycles. The van der Waals surface area contributed by atoms with Gasteiger partial charge in [0.2, 0.25) is 0 Å². The van der Waals surface area contributed by atoms with Crippen LogP contribution in [0.15, 0.2) is 200 Å². The predicted molar refractivity (Wildman–Crippen MR) is 200 cm³/mol. The second-order valence-electron chi connectivity index (χ2n) is 12.3. The van der Waals surface area contributed by atoms with E-state index in [4.69, 9.17) is 4.74 Å². The zero-order valence-electron chi connectivity index (χ0n) is 27.8. The zero-order valence-corrected chi connectivity index (χ0v) is 27.8. The van der Waals surface area contributed by atoms with Crippen molar-refractivity contribution in [2.45, 2.75) is 10.8 Å². The maximum Gasteiger partial charge on any atom is 0.182 e. The first kappa shape index (κ1) is 32.2. The van der Waals surface area contributed by atoms with Gasteiger partial charge >= 0.3 is 0 Å². The summed E-state index contributed by atoms with van der Waals surface area (Å²) >= 11 is 0. The van der Waals surface area contributed by atoms with Gasteiger partial charge in [-0.25, -0.2) is 0 Å². The Morgan fingerprint density at radius 1 is 0.380 bits per heavy atom. The van der Waals surface area contributed by atoms with Crippen molar-refractivity contribution in [1.82, 2.24) is 0 Å². The molecular weight excluding hydrogens is 613 g/mol. The van der Waals surface area contributed by atoms with Crippen LogP contribution >= 0.6 is 0 Å². The maximum absolute atomic E-state index is 15.5. The lowest BCUT2D eigenvalue weighted by Gasteiger charge is -2.39. The van der Waals surface area contributed by atoms with E-state index in [0.29, 0.717) is 22.4 Å². The molecule has 0 fully saturated rings. The van der Waals surface area contributed by atoms with Crippen LogP contribution in [-0.2, 0) is 10.8 Å². The molecule has 0 aliphatic carbocycles. The van der Waals surface area contributed by atoms with Gasteiger partial charge in [-0.1, -0.05) is 188 Å². The number of Topliss-reactive ketones (excluding diaryl/α,β-unsaturated/α-hetero) is 2. The number of benzene rings is 7. The first-order chi connectivity index (χ1) is 24.6. The topological polar surface area (TPSA) is 43.4 Å². The van der Waals surface area contributed by atoms with Gasteiger partial charge in [-0.3, -0.25) is 9.59 Å². The van der Waals surface area contributed by atoms with E-state index < -0.39 is 10.8 Å². The summed E-state index contributed by atoms with van der Waals surface area (Å²) in [5, 5.41) is 0. The van der Waals surface area contributed by atoms with Gasteiger partial charge in [-0.2, -0.15) is 0 Å². The first-order valence-corrected chi connectivity index (χ1v) is 16.7. The van der Waals surface area contributed by atoms with E-state index in [0.717, 1.165) is 27.8 Å². The van der Waals surface area contributed by atoms with E-state index in [1.807, 2.05) is 200 Å². The fraction of sp³-hybridized carbons (Fsp3) is 0.0638. The molecule has 0 aromatic heterocycles. The summed E-state index contributed by atoms with van der Waals surface area (Å²) in [4.78, 5) is 30.9. The van der Waals surface area contributed by atoms with Crippen LogP contribution in [0.2, 0.25) is 0 Å². The second kappa shape index (κ2) is 14.0. The Hall–Kier alpha value is -6.32. The molecular formula is C47H36O3. The fourth-order valence-electron chi connectivity index (χ4n) is 7.35. The average molecular weight is 649 g/mol. The minimum atomic E-state index is -1.35. The maximum atomic E-state index is 15.5. The summed E-state index contributed by atoms with van der Waals surface area (Å²) in [6, 6.07) is 64.3. The Kier molecular flexibility index (Phi) is 9.05. The molecule has 7 rings (SSSR count). The molecule has 0 saturated heterocycles. The molecule has 0 N–H and O–H groups in total. The molecule has 242 valence electrons. The van der Waals surface area contributed by atoms with E-state index >= 15 is 9.59 Å². The highest BCUT2D eigenvalue weighted by Crippen LogP contribution is 2.49. The van der Waals surface area contributed by atoms with Crippen molar-refractivity contribution >= 4 is 11.6 Å². The molecule has 0 heterocycles. The Balaban J connectivity index is 1.64. The van der Waals surface area contributed by atoms with Crippen LogP contribution in [0.4, 0.5) is 0 Å². The number of ketones is 2. The number of methoxy groups -OCH3 is 1. The summed E-state index contributed by atoms with van der Waals surface area (Å²) in [5.41, 5.74) is 3.08. The Morgan fingerprint density at radius 2 is 0.700 bits per heavy atom. The SMILES string of the molecule is COc1ccc(C(C(=O)c2ccccc2)(c2ccccc2)c2ccccc2)cc1C(C(=O)c1ccccc1)(c1ccccc1)c1ccccc1. The highest BCUT2D eigenvalue weighted by Gasteiger charge is 2.49. The molecule has 3 nitrogen and oxygen atoms in total. The molecule has 0 amide bonds. The average Bonchev–Trinajstić information content (AvgIpc) is 3.21. The lowest BCUT2D eigenvalue weighted by atomic mass is 9.61. The Labute approximate surface area is 293 Å². The zero-order chi connectivity index (χ0) is 34.4. The highest BCUT2D eigenvalue weighted by atomic mass is 16.5. The third kappa shape index (κ3) is 5.43. The third-order valence-electron chi connectivity index (χ3n) is 9.62. The van der Waals surface area contributed by atoms with E-state index in [-0.39, 0.29) is 11.6 Å². The lowest BCUT2D eigenvalue weighted by molar-refractivity contribution is 0.0930. The number of rotatable bonds is 11. The van der Waals surface area contributed by atoms with E-state index in [9.17, 15) is 0 Å². The largest absolute Gasteiger partial charge is 0.496 e. The van der Waals surface area contributed by atoms with Gasteiger partial charge in [0.1, 0.15) is 16.6 Å². The molecule has 0 unspecified atom stereocenters. The van der Waals surface area contributed by atoms with Crippen LogP contribution in [0.5, 0.6) is 5.75 Å². The molecule has 0 aliphatic heterocycles. The fourth-order valence-corrected chi connectivity index (χ4v) is 7.35. The normalized spacial score (nSPS) is 11.5. The van der Waals surface area contributed by atoms with Crippen LogP contribution < -0.4 is 4.74 Å². The minimum absolute atomic E-state index is 0.0778. The summed E-state index contributed by atoms with van der Waals surface area (Å²) < 4.78 is 6.17. The van der Waals surface area contributed by atoms with E-state index in [2.05, 4.69) is 0 Å². The quantitative estimate of drug-likeness (QED) is 0.104. The van der Waals surface area contributed by atoms with Gasteiger partial charge < -0.3 is 4.74 Å². The van der Waals surface area contributed by atoms with Crippen molar-refractivity contribution in [2.75, 3.05) is 7.11 Å². The number of ether oxygens (including phenoxy) is 1. The molecule has 0 radical (unpaired) electrons. The van der Waals surface area contributed by atoms with Gasteiger partial charge in [-0.05, 0) is 39.9 Å². The van der Waals surface area contributed by atoms with Crippen LogP contribution in [0, 0.1) is 0 Å². The first-order valence-electron chi connectivity index (χ1n) is 16.7. The molecule has 0 aliphatic rings. The van der Waals surface area contributed by atoms with E-state index in [1.54, 1.807) is 7.11 Å². The van der Waals surface area contributed by atoms with Crippen LogP contribution in [-0.4, -0.2) is 18.7 Å². The molecule has 3 heteroatoms. The monoisotopic (exact) mass is 648 g/mol. The van der Waals surface area contributed by atoms with Crippen molar-refractivity contribution in [1.29, 1.82) is 0 Å². The lowest BCUT2D eigenvalue weighted by Crippen LogP contribution is -2.41. The Bertz CT molecular complexity index is 2120. The van der Waals surface area contributed by atoms with Crippen molar-refractivity contribution < 1.29 is 14.3 Å². The third-order valence-corrected chi connectivity index (χ3v) is 9.62. The van der Waals surface area contributed by atoms with Crippen molar-refractivity contribution in [2.24, 2.45) is 0 Å². The summed E-state index contributed by atoms with van der Waals surface area (Å²) in [5.74, 6) is 0.351. The van der Waals surface area contributed by atoms with Crippen molar-refractivity contribution in [3.05, 3.63) is 245 Å². The summed E-state index contributed by atoms with van der Waals surface area (Å²) in [6.07, 6.45) is 0. The van der Waals surface area contributed by atoms with Gasteiger partial charge in [0, 0.05) is 16.7 Å². The number of carbonyl (C=O) groups excluding carboxylic acids is 2. The highest BCUT2D eigenvalue weighted by molar-refractivity contribution is 6.11. The molecule has 50 heavy (non-hydrogen) atoms. The van der Waals surface area contributed by atoms with Gasteiger partial charge in [-0.15, -0.1) is 0 Å². The predicted octanol–water partition coefficient (Wildman–Crippen LogP) is 10.1. The van der Waals surface area contributed by atoms with Crippen molar-refractivity contribution in [3.8, 4) is 5.75 Å². The number of hydrogen-bond acceptors (Lipinski definition) is 3. The molecule has 0 atom stereocenters. The molecule has 7 aromatic carbocycles. The van der Waals surface area contributed by atoms with Crippen LogP contribution in [0.25, 0.3) is 0 Å². The molecule has 7 aromatic rings. The summed E-state index contributed by atoms with van der Waals surface area (Å²) in [7, 11) is 1.63.